The van der Waals surface area contributed by atoms with Crippen LogP contribution in [0, 0.1) is 46.9 Å². The zero-order valence-corrected chi connectivity index (χ0v) is 60.8. The zero-order chi connectivity index (χ0) is 48.2. The van der Waals surface area contributed by atoms with Gasteiger partial charge in [-0.25, -0.2) is 57.5 Å². The maximum absolute atomic E-state index is 15.1. The number of carbonyl (C=O) groups is 12. The van der Waals surface area contributed by atoms with Crippen molar-refractivity contribution in [2.45, 2.75) is 74.0 Å². The molecule has 18 aliphatic rings. The van der Waals surface area contributed by atoms with Gasteiger partial charge in [0.15, 0.2) is 74.0 Å². The fraction of sp³-hybridized carbons (Fsp3) is 0.667. The number of rotatable bonds is 0. The molecule has 0 aromatic heterocycles. The van der Waals surface area contributed by atoms with Gasteiger partial charge in [0, 0.05) is 61.3 Å². The Morgan fingerprint density at radius 1 is 0.147 bits per heavy atom. The van der Waals surface area contributed by atoms with E-state index in [-0.39, 0.29) is 251 Å². The topological polar surface area (TPSA) is 1080 Å². The minimum atomic E-state index is -1.16. The van der Waals surface area contributed by atoms with Crippen LogP contribution in [0.3, 0.4) is 0 Å². The standard InChI is InChI=1S/C36H36N24O12.14H2O.12O.3Re.Yb/c61-25-37-1-38-14-16-42(26(38)62)4-46-18-20-50(30(46)66)8-54-22-24-58(34(54)70)11-57-23-21-53(33(57)69)7-49-19-17-45(29(49)65)3-41(25)15-13(37)39-2-40(14)28(64)44(16)6-48(18)32(68)52(20)10-56(22)36(72)60(24)12-59(23)35(71)55(21)9-51(19)31(67)47(17)5-43(15)27(39)63;;;;;;;;;;;;;;;;;;;;;;;;;;;;;;/h13-24H,1-12H2;14*1H2;;;;;;;;;;;;;;;;/q;;;;;;;;;;;;;;;12*-2;;;;+3/p+8. The molecular weight excluding hydrogens is 2110 g/mol. The second-order valence-electron chi connectivity index (χ2n) is 21.3. The van der Waals surface area contributed by atoms with Gasteiger partial charge in [-0.15, -0.1) is 0 Å². The summed E-state index contributed by atoms with van der Waals surface area (Å²) in [5.41, 5.74) is 0. The van der Waals surface area contributed by atoms with E-state index >= 15 is 57.5 Å². The molecule has 18 aliphatic heterocycles. The van der Waals surface area contributed by atoms with E-state index in [1.165, 1.54) is 118 Å². The molecule has 0 aliphatic carbocycles. The molecular formula is C36H72N24O38Re3Yb-13. The Morgan fingerprint density at radius 3 is 0.225 bits per heavy atom. The largest absolute Gasteiger partial charge is 3.00 e. The molecule has 18 fully saturated rings. The molecule has 0 spiro atoms. The van der Waals surface area contributed by atoms with Gasteiger partial charge in [-0.3, -0.25) is 118 Å². The molecule has 66 heteroatoms. The first-order chi connectivity index (χ1) is 34.7. The van der Waals surface area contributed by atoms with Crippen molar-refractivity contribution in [3.05, 3.63) is 0 Å². The van der Waals surface area contributed by atoms with Crippen LogP contribution in [0.1, 0.15) is 0 Å². The van der Waals surface area contributed by atoms with Crippen molar-refractivity contribution in [2.24, 2.45) is 0 Å². The summed E-state index contributed by atoms with van der Waals surface area (Å²) in [4.78, 5) is 213. The van der Waals surface area contributed by atoms with Gasteiger partial charge in [0.05, 0.1) is 0 Å². The summed E-state index contributed by atoms with van der Waals surface area (Å²) in [7, 11) is 0. The van der Waals surface area contributed by atoms with Crippen LogP contribution in [0.2, 0.25) is 0 Å². The molecule has 36 N–H and O–H groups in total. The van der Waals surface area contributed by atoms with Crippen LogP contribution in [0.5, 0.6) is 0 Å². The molecule has 18 rings (SSSR count). The van der Waals surface area contributed by atoms with Crippen molar-refractivity contribution in [2.75, 3.05) is 80.0 Å². The molecule has 4 radical (unpaired) electrons. The molecule has 0 saturated carbocycles. The molecule has 62 nitrogen and oxygen atoms in total. The van der Waals surface area contributed by atoms with Gasteiger partial charge in [0.1, 0.15) is 80.0 Å². The van der Waals surface area contributed by atoms with Crippen molar-refractivity contribution < 1.29 is 308 Å². The smallest absolute Gasteiger partial charge is 2.00 e. The average Bonchev–Trinajstić information content (AvgIpc) is 1.56. The summed E-state index contributed by atoms with van der Waals surface area (Å²) in [6.07, 6.45) is -13.9. The van der Waals surface area contributed by atoms with Gasteiger partial charge in [0.2, 0.25) is 0 Å². The summed E-state index contributed by atoms with van der Waals surface area (Å²) in [5.74, 6) is 0. The molecule has 102 heavy (non-hydrogen) atoms. The van der Waals surface area contributed by atoms with Crippen LogP contribution in [-0.2, 0) is 171 Å². The summed E-state index contributed by atoms with van der Waals surface area (Å²) in [5, 5.41) is 0. The summed E-state index contributed by atoms with van der Waals surface area (Å²) < 4.78 is 0. The Kier molecular flexibility index (Phi) is 44.6. The molecule has 0 atom stereocenters. The third-order valence-corrected chi connectivity index (χ3v) is 18.8. The maximum atomic E-state index is 15.1. The van der Waals surface area contributed by atoms with E-state index in [9.17, 15) is 0 Å². The van der Waals surface area contributed by atoms with Crippen molar-refractivity contribution in [1.29, 1.82) is 0 Å². The van der Waals surface area contributed by atoms with Crippen molar-refractivity contribution in [1.82, 2.24) is 118 Å². The molecule has 0 bridgehead atoms. The third kappa shape index (κ3) is 12.1. The van der Waals surface area contributed by atoms with E-state index in [0.717, 1.165) is 0 Å². The van der Waals surface area contributed by atoms with Crippen LogP contribution >= 0.6 is 0 Å². The van der Waals surface area contributed by atoms with E-state index in [4.69, 9.17) is 0 Å². The first-order valence-corrected chi connectivity index (χ1v) is 23.6. The van der Waals surface area contributed by atoms with Crippen molar-refractivity contribution in [3.8, 4) is 0 Å². The Morgan fingerprint density at radius 2 is 0.186 bits per heavy atom. The van der Waals surface area contributed by atoms with Crippen molar-refractivity contribution in [3.63, 3.8) is 0 Å². The Hall–Kier alpha value is -6.29. The van der Waals surface area contributed by atoms with Crippen LogP contribution in [-0.4, -0.2) is 377 Å². The minimum Gasteiger partial charge on any atom is -2.00 e. The second kappa shape index (κ2) is 37.1. The van der Waals surface area contributed by atoms with Gasteiger partial charge in [-0.05, 0) is 0 Å². The van der Waals surface area contributed by atoms with Crippen molar-refractivity contribution >= 4 is 72.4 Å². The van der Waals surface area contributed by atoms with Crippen LogP contribution in [0.25, 0.3) is 0 Å². The molecule has 0 unspecified atom stereocenters. The number of urea groups is 12. The van der Waals surface area contributed by atoms with Gasteiger partial charge in [-0.2, -0.15) is 0 Å². The van der Waals surface area contributed by atoms with E-state index in [1.807, 2.05) is 0 Å². The maximum Gasteiger partial charge on any atom is 3.00 e. The van der Waals surface area contributed by atoms with Crippen LogP contribution in [0.4, 0.5) is 57.5 Å². The molecule has 0 aromatic carbocycles. The summed E-state index contributed by atoms with van der Waals surface area (Å²) in [6.45, 7) is -5.48. The van der Waals surface area contributed by atoms with E-state index in [1.54, 1.807) is 0 Å². The molecule has 18 saturated heterocycles. The molecule has 612 valence electrons. The summed E-state index contributed by atoms with van der Waals surface area (Å²) in [6, 6.07) is -7.90. The monoisotopic (exact) mass is 2180 g/mol. The first-order valence-electron chi connectivity index (χ1n) is 23.6. The van der Waals surface area contributed by atoms with Gasteiger partial charge >= 0.3 is 119 Å². The molecule has 0 aromatic rings. The fourth-order valence-electron chi connectivity index (χ4n) is 16.0. The zero-order valence-electron chi connectivity index (χ0n) is 51.0. The van der Waals surface area contributed by atoms with E-state index in [0.29, 0.717) is 0 Å². The minimum absolute atomic E-state index is 0. The SMILES string of the molecule is O.O.O.O.O.O.O=C1N2CN3C(=O)N4CN5C(=O)N6CN7C(=O)N8CN9C(=O)N%10CN%11C(=O)N%12CN1C1C2N2CN%13C(=O)N(CN%14C(=O)N(CN%15C(=O)N(CN%16C(=O)N(CN%17C(=O)N(CN1C2=O)C%12C%11%17)C%10C9%16)C8C7%15)C6C5%14)C4C3%13.[O-2].[O-2].[O-2].[O-2].[O-2].[O-2].[O-2].[O-2].[O-2].[O-2].[O-2].[O-2].[OH3+].[OH3+].[OH3+].[OH3+].[OH3+].[OH3+].[OH3+].[OH3+].[Re].[Re].[Re].[Yb+3]. The average molecular weight is 2180 g/mol. The number of hydrogen-bond acceptors (Lipinski definition) is 12. The fourth-order valence-corrected chi connectivity index (χ4v) is 16.0. The van der Waals surface area contributed by atoms with Gasteiger partial charge < -0.3 is 142 Å². The van der Waals surface area contributed by atoms with Gasteiger partial charge in [-0.1, -0.05) is 0 Å². The number of carbonyl (C=O) groups excluding carboxylic acids is 12. The van der Waals surface area contributed by atoms with Gasteiger partial charge in [0.25, 0.3) is 0 Å². The molecule has 18 heterocycles. The normalized spacial score (nSPS) is 28.5. The Labute approximate surface area is 647 Å². The van der Waals surface area contributed by atoms with Crippen LogP contribution < -0.4 is 0 Å². The third-order valence-electron chi connectivity index (χ3n) is 18.8. The predicted octanol–water partition coefficient (Wildman–Crippen LogP) is -19.4. The number of hydrogen-bond donors (Lipinski definition) is 0. The molecule has 24 amide bonds. The van der Waals surface area contributed by atoms with E-state index < -0.39 is 226 Å². The number of nitrogens with zero attached hydrogens (tertiary/aromatic N) is 24. The van der Waals surface area contributed by atoms with E-state index in [2.05, 4.69) is 0 Å². The second-order valence-corrected chi connectivity index (χ2v) is 21.3. The summed E-state index contributed by atoms with van der Waals surface area (Å²) >= 11 is 0. The predicted molar refractivity (Wildman–Crippen MR) is 282 cm³/mol. The first kappa shape index (κ1) is 123. The Bertz CT molecular complexity index is 2210. The Balaban J connectivity index is -0.000000270. The quantitative estimate of drug-likeness (QED) is 0.204. The van der Waals surface area contributed by atoms with Crippen LogP contribution in [0.15, 0.2) is 0 Å². The number of amides is 24.